The Labute approximate surface area is 80.2 Å². The lowest BCUT2D eigenvalue weighted by molar-refractivity contribution is 1.02. The number of aryl methyl sites for hydroxylation is 1. The Bertz CT molecular complexity index is 422. The van der Waals surface area contributed by atoms with Crippen LogP contribution in [-0.4, -0.2) is 10.2 Å². The van der Waals surface area contributed by atoms with Gasteiger partial charge in [0, 0.05) is 0 Å². The van der Waals surface area contributed by atoms with Crippen LogP contribution < -0.4 is 5.73 Å². The van der Waals surface area contributed by atoms with Gasteiger partial charge in [-0.2, -0.15) is 5.10 Å². The smallest absolute Gasteiger partial charge is 0.105 e. The fourth-order valence-electron chi connectivity index (χ4n) is 1.10. The average Bonchev–Trinajstić information content (AvgIpc) is 2.51. The first-order chi connectivity index (χ1) is 6.27. The number of nitrogens with zero attached hydrogens (tertiary/aromatic N) is 2. The molecule has 0 unspecified atom stereocenters. The summed E-state index contributed by atoms with van der Waals surface area (Å²) in [5.74, 6) is 0. The molecule has 2 N–H and O–H groups in total. The Hall–Kier alpha value is -1.42. The van der Waals surface area contributed by atoms with Gasteiger partial charge >= 0.3 is 0 Å². The van der Waals surface area contributed by atoms with Gasteiger partial charge in [0.15, 0.2) is 0 Å². The zero-order valence-electron chi connectivity index (χ0n) is 7.19. The average molecular weight is 191 g/mol. The number of nitrogens with two attached hydrogens (primary N) is 1. The highest BCUT2D eigenvalue weighted by molar-refractivity contribution is 7.14. The van der Waals surface area contributed by atoms with E-state index in [-0.39, 0.29) is 0 Å². The Morgan fingerprint density at radius 1 is 1.46 bits per heavy atom. The summed E-state index contributed by atoms with van der Waals surface area (Å²) in [4.78, 5) is 0.996. The van der Waals surface area contributed by atoms with Gasteiger partial charge in [-0.05, 0) is 30.0 Å². The number of nitrogen functional groups attached to an aromatic ring is 1. The molecular weight excluding hydrogens is 182 g/mol. The summed E-state index contributed by atoms with van der Waals surface area (Å²) in [7, 11) is 0. The van der Waals surface area contributed by atoms with Gasteiger partial charge in [-0.1, -0.05) is 0 Å². The largest absolute Gasteiger partial charge is 0.397 e. The van der Waals surface area contributed by atoms with Crippen molar-refractivity contribution in [3.05, 3.63) is 29.3 Å². The van der Waals surface area contributed by atoms with Gasteiger partial charge in [-0.15, -0.1) is 16.4 Å². The lowest BCUT2D eigenvalue weighted by Gasteiger charge is -1.98. The molecule has 0 aliphatic heterocycles. The first-order valence-electron chi connectivity index (χ1n) is 3.90. The molecule has 0 aromatic carbocycles. The molecule has 0 bridgehead atoms. The van der Waals surface area contributed by atoms with E-state index in [1.165, 1.54) is 0 Å². The van der Waals surface area contributed by atoms with Crippen LogP contribution in [0.25, 0.3) is 10.6 Å². The predicted octanol–water partition coefficient (Wildman–Crippen LogP) is 2.10. The van der Waals surface area contributed by atoms with Crippen LogP contribution in [0, 0.1) is 6.92 Å². The van der Waals surface area contributed by atoms with E-state index in [1.807, 2.05) is 24.4 Å². The number of anilines is 1. The van der Waals surface area contributed by atoms with Gasteiger partial charge in [0.2, 0.25) is 0 Å². The van der Waals surface area contributed by atoms with Crippen molar-refractivity contribution in [1.29, 1.82) is 0 Å². The summed E-state index contributed by atoms with van der Waals surface area (Å²) in [5, 5.41) is 9.86. The lowest BCUT2D eigenvalue weighted by atomic mass is 10.2. The minimum Gasteiger partial charge on any atom is -0.397 e. The molecule has 2 rings (SSSR count). The monoisotopic (exact) mass is 191 g/mol. The van der Waals surface area contributed by atoms with E-state index >= 15 is 0 Å². The van der Waals surface area contributed by atoms with Crippen molar-refractivity contribution in [1.82, 2.24) is 10.2 Å². The Kier molecular flexibility index (Phi) is 1.98. The van der Waals surface area contributed by atoms with Crippen molar-refractivity contribution in [2.45, 2.75) is 6.92 Å². The van der Waals surface area contributed by atoms with Crippen molar-refractivity contribution in [2.75, 3.05) is 5.73 Å². The van der Waals surface area contributed by atoms with Gasteiger partial charge in [-0.3, -0.25) is 0 Å². The third-order valence-electron chi connectivity index (χ3n) is 1.72. The van der Waals surface area contributed by atoms with E-state index < -0.39 is 0 Å². The summed E-state index contributed by atoms with van der Waals surface area (Å²) in [6, 6.07) is 3.86. The van der Waals surface area contributed by atoms with Gasteiger partial charge in [-0.25, -0.2) is 0 Å². The first kappa shape index (κ1) is 8.19. The maximum absolute atomic E-state index is 5.77. The molecule has 0 atom stereocenters. The molecule has 0 aliphatic carbocycles. The summed E-state index contributed by atoms with van der Waals surface area (Å²) in [6.07, 6.45) is 1.73. The van der Waals surface area contributed by atoms with E-state index in [9.17, 15) is 0 Å². The minimum absolute atomic E-state index is 0.768. The predicted molar refractivity (Wildman–Crippen MR) is 54.5 cm³/mol. The highest BCUT2D eigenvalue weighted by Gasteiger charge is 2.05. The van der Waals surface area contributed by atoms with E-state index in [2.05, 4.69) is 10.2 Å². The highest BCUT2D eigenvalue weighted by atomic mass is 32.1. The zero-order chi connectivity index (χ0) is 9.26. The van der Waals surface area contributed by atoms with Crippen LogP contribution in [0.4, 0.5) is 5.69 Å². The third kappa shape index (κ3) is 1.53. The van der Waals surface area contributed by atoms with Gasteiger partial charge in [0.05, 0.1) is 16.8 Å². The molecule has 4 heteroatoms. The Balaban J connectivity index is 2.53. The van der Waals surface area contributed by atoms with E-state index in [4.69, 9.17) is 5.73 Å². The van der Waals surface area contributed by atoms with E-state index in [0.717, 1.165) is 21.8 Å². The van der Waals surface area contributed by atoms with Crippen molar-refractivity contribution >= 4 is 17.0 Å². The van der Waals surface area contributed by atoms with Crippen LogP contribution in [0.1, 0.15) is 5.56 Å². The number of rotatable bonds is 1. The van der Waals surface area contributed by atoms with Crippen LogP contribution in [-0.2, 0) is 0 Å². The molecule has 66 valence electrons. The molecule has 3 nitrogen and oxygen atoms in total. The zero-order valence-corrected chi connectivity index (χ0v) is 8.01. The first-order valence-corrected chi connectivity index (χ1v) is 4.78. The molecule has 0 radical (unpaired) electrons. The molecule has 0 aliphatic rings. The Morgan fingerprint density at radius 2 is 2.31 bits per heavy atom. The number of aromatic nitrogens is 2. The minimum atomic E-state index is 0.768. The maximum atomic E-state index is 5.77. The second-order valence-corrected chi connectivity index (χ2v) is 3.74. The molecule has 0 amide bonds. The normalized spacial score (nSPS) is 10.2. The molecule has 0 saturated carbocycles. The van der Waals surface area contributed by atoms with Gasteiger partial charge in [0.25, 0.3) is 0 Å². The van der Waals surface area contributed by atoms with Gasteiger partial charge < -0.3 is 5.73 Å². The van der Waals surface area contributed by atoms with Crippen molar-refractivity contribution < 1.29 is 0 Å². The van der Waals surface area contributed by atoms with Crippen LogP contribution in [0.3, 0.4) is 0 Å². The molecule has 2 aromatic rings. The molecule has 2 aromatic heterocycles. The summed E-state index contributed by atoms with van der Waals surface area (Å²) in [5.41, 5.74) is 8.48. The van der Waals surface area contributed by atoms with Crippen LogP contribution in [0.2, 0.25) is 0 Å². The van der Waals surface area contributed by atoms with Crippen LogP contribution >= 0.6 is 11.3 Å². The summed E-state index contributed by atoms with van der Waals surface area (Å²) >= 11 is 1.58. The topological polar surface area (TPSA) is 51.8 Å². The lowest BCUT2D eigenvalue weighted by Crippen LogP contribution is -1.89. The van der Waals surface area contributed by atoms with Gasteiger partial charge in [0.1, 0.15) is 5.69 Å². The molecule has 0 fully saturated rings. The van der Waals surface area contributed by atoms with Crippen molar-refractivity contribution in [3.63, 3.8) is 0 Å². The molecule has 13 heavy (non-hydrogen) atoms. The maximum Gasteiger partial charge on any atom is 0.105 e. The Morgan fingerprint density at radius 3 is 2.92 bits per heavy atom. The second-order valence-electron chi connectivity index (χ2n) is 2.82. The van der Waals surface area contributed by atoms with Crippen molar-refractivity contribution in [2.24, 2.45) is 0 Å². The molecule has 2 heterocycles. The van der Waals surface area contributed by atoms with Crippen LogP contribution in [0.5, 0.6) is 0 Å². The molecule has 0 saturated heterocycles. The summed E-state index contributed by atoms with van der Waals surface area (Å²) < 4.78 is 0. The second kappa shape index (κ2) is 3.14. The van der Waals surface area contributed by atoms with E-state index in [1.54, 1.807) is 17.5 Å². The standard InChI is InChI=1S/C9H9N3S/c1-6-4-8(12-11-5-6)9-7(10)2-3-13-9/h2-5H,10H2,1H3. The quantitative estimate of drug-likeness (QED) is 0.751. The van der Waals surface area contributed by atoms with Crippen LogP contribution in [0.15, 0.2) is 23.7 Å². The molecule has 0 spiro atoms. The molecular formula is C9H9N3S. The fourth-order valence-corrected chi connectivity index (χ4v) is 1.88. The summed E-state index contributed by atoms with van der Waals surface area (Å²) in [6.45, 7) is 1.99. The number of hydrogen-bond acceptors (Lipinski definition) is 4. The third-order valence-corrected chi connectivity index (χ3v) is 2.67. The number of hydrogen-bond donors (Lipinski definition) is 1. The SMILES string of the molecule is Cc1cnnc(-c2sccc2N)c1. The highest BCUT2D eigenvalue weighted by Crippen LogP contribution is 2.29. The fraction of sp³-hybridized carbons (Fsp3) is 0.111. The van der Waals surface area contributed by atoms with E-state index in [0.29, 0.717) is 0 Å². The number of thiophene rings is 1. The van der Waals surface area contributed by atoms with Crippen molar-refractivity contribution in [3.8, 4) is 10.6 Å².